The van der Waals surface area contributed by atoms with Crippen LogP contribution in [0.5, 0.6) is 5.75 Å². The van der Waals surface area contributed by atoms with Crippen molar-refractivity contribution in [2.75, 3.05) is 7.11 Å². The van der Waals surface area contributed by atoms with E-state index in [4.69, 9.17) is 10.00 Å². The molecule has 2 rings (SSSR count). The Kier molecular flexibility index (Phi) is 3.80. The lowest BCUT2D eigenvalue weighted by Gasteiger charge is -2.19. The van der Waals surface area contributed by atoms with E-state index in [1.54, 1.807) is 12.1 Å². The van der Waals surface area contributed by atoms with E-state index in [1.165, 1.54) is 25.3 Å². The molecule has 108 valence electrons. The van der Waals surface area contributed by atoms with Crippen LogP contribution in [-0.4, -0.2) is 24.9 Å². The van der Waals surface area contributed by atoms with Gasteiger partial charge in [0, 0.05) is 5.56 Å². The lowest BCUT2D eigenvalue weighted by atomic mass is 9.93. The number of hydrogen-bond acceptors (Lipinski definition) is 3. The third-order valence-corrected chi connectivity index (χ3v) is 2.92. The molecule has 1 heterocycles. The Morgan fingerprint density at radius 1 is 1.29 bits per heavy atom. The number of hydrogen-bond donors (Lipinski definition) is 0. The van der Waals surface area contributed by atoms with Crippen LogP contribution in [0.3, 0.4) is 0 Å². The summed E-state index contributed by atoms with van der Waals surface area (Å²) in [5.41, 5.74) is -0.986. The number of benzene rings is 1. The predicted octanol–water partition coefficient (Wildman–Crippen LogP) is 2.65. The van der Waals surface area contributed by atoms with Crippen molar-refractivity contribution in [3.63, 3.8) is 0 Å². The highest BCUT2D eigenvalue weighted by atomic mass is 19.4. The number of alkyl halides is 3. The summed E-state index contributed by atoms with van der Waals surface area (Å²) in [6, 6.07) is 7.40. The molecule has 0 N–H and O–H groups in total. The molecule has 4 nitrogen and oxygen atoms in total. The van der Waals surface area contributed by atoms with Crippen LogP contribution in [0.2, 0.25) is 0 Å². The summed E-state index contributed by atoms with van der Waals surface area (Å²) < 4.78 is 43.7. The third-order valence-electron chi connectivity index (χ3n) is 2.92. The maximum Gasteiger partial charge on any atom is 0.414 e. The summed E-state index contributed by atoms with van der Waals surface area (Å²) in [7, 11) is 1.45. The summed E-state index contributed by atoms with van der Waals surface area (Å²) in [5, 5.41) is 8.72. The van der Waals surface area contributed by atoms with Gasteiger partial charge < -0.3 is 4.74 Å². The van der Waals surface area contributed by atoms with E-state index in [2.05, 4.69) is 4.99 Å². The number of amides is 1. The Labute approximate surface area is 118 Å². The number of aliphatic imine (C=N–C) groups is 1. The standard InChI is InChI=1S/C14H9F3N2O2/c1-21-9-4-2-8(3-5-9)12-6-11(14(15,16)17)10(7-18)13(20)19-12/h2-6,10H,1H3. The molecule has 1 aromatic carbocycles. The molecule has 0 bridgehead atoms. The number of nitriles is 1. The Morgan fingerprint density at radius 3 is 2.38 bits per heavy atom. The van der Waals surface area contributed by atoms with Gasteiger partial charge in [0.05, 0.1) is 24.5 Å². The molecule has 1 unspecified atom stereocenters. The quantitative estimate of drug-likeness (QED) is 0.842. The smallest absolute Gasteiger partial charge is 0.414 e. The fraction of sp³-hybridized carbons (Fsp3) is 0.214. The predicted molar refractivity (Wildman–Crippen MR) is 67.8 cm³/mol. The van der Waals surface area contributed by atoms with Gasteiger partial charge in [-0.2, -0.15) is 18.4 Å². The van der Waals surface area contributed by atoms with Crippen LogP contribution in [0.15, 0.2) is 40.9 Å². The molecule has 1 aliphatic rings. The van der Waals surface area contributed by atoms with Gasteiger partial charge in [-0.05, 0) is 30.3 Å². The minimum atomic E-state index is -4.76. The highest BCUT2D eigenvalue weighted by Gasteiger charge is 2.44. The van der Waals surface area contributed by atoms with Crippen molar-refractivity contribution in [2.24, 2.45) is 10.9 Å². The molecule has 0 spiro atoms. The summed E-state index contributed by atoms with van der Waals surface area (Å²) in [6.45, 7) is 0. The zero-order valence-electron chi connectivity index (χ0n) is 10.8. The van der Waals surface area contributed by atoms with Crippen LogP contribution in [0.4, 0.5) is 13.2 Å². The molecule has 0 aliphatic carbocycles. The molecule has 0 fully saturated rings. The van der Waals surface area contributed by atoms with Gasteiger partial charge in [-0.1, -0.05) is 0 Å². The van der Waals surface area contributed by atoms with Gasteiger partial charge in [0.25, 0.3) is 5.91 Å². The van der Waals surface area contributed by atoms with E-state index in [-0.39, 0.29) is 5.71 Å². The topological polar surface area (TPSA) is 62.4 Å². The third kappa shape index (κ3) is 2.94. The lowest BCUT2D eigenvalue weighted by molar-refractivity contribution is -0.125. The summed E-state index contributed by atoms with van der Waals surface area (Å²) in [4.78, 5) is 15.2. The van der Waals surface area contributed by atoms with E-state index in [0.717, 1.165) is 6.08 Å². The molecule has 21 heavy (non-hydrogen) atoms. The first-order valence-corrected chi connectivity index (χ1v) is 5.82. The fourth-order valence-corrected chi connectivity index (χ4v) is 1.86. The van der Waals surface area contributed by atoms with E-state index in [0.29, 0.717) is 11.3 Å². The van der Waals surface area contributed by atoms with Crippen molar-refractivity contribution in [1.29, 1.82) is 5.26 Å². The average molecular weight is 294 g/mol. The van der Waals surface area contributed by atoms with Gasteiger partial charge >= 0.3 is 6.18 Å². The van der Waals surface area contributed by atoms with Crippen LogP contribution in [0, 0.1) is 17.2 Å². The normalized spacial score (nSPS) is 18.6. The number of halogens is 3. The van der Waals surface area contributed by atoms with Crippen molar-refractivity contribution in [1.82, 2.24) is 0 Å². The first-order valence-electron chi connectivity index (χ1n) is 5.82. The number of nitrogens with zero attached hydrogens (tertiary/aromatic N) is 2. The maximum atomic E-state index is 12.9. The van der Waals surface area contributed by atoms with Crippen LogP contribution in [-0.2, 0) is 4.79 Å². The van der Waals surface area contributed by atoms with E-state index in [1.807, 2.05) is 0 Å². The molecule has 7 heteroatoms. The maximum absolute atomic E-state index is 12.9. The largest absolute Gasteiger partial charge is 0.497 e. The molecule has 1 amide bonds. The van der Waals surface area contributed by atoms with Crippen LogP contribution in [0.1, 0.15) is 5.56 Å². The monoisotopic (exact) mass is 294 g/mol. The van der Waals surface area contributed by atoms with Gasteiger partial charge in [0.15, 0.2) is 5.92 Å². The number of rotatable bonds is 2. The molecule has 0 aromatic heterocycles. The van der Waals surface area contributed by atoms with Crippen molar-refractivity contribution < 1.29 is 22.7 Å². The lowest BCUT2D eigenvalue weighted by Crippen LogP contribution is -2.29. The first kappa shape index (κ1) is 14.8. The second-order valence-electron chi connectivity index (χ2n) is 4.22. The molecule has 1 aromatic rings. The van der Waals surface area contributed by atoms with E-state index < -0.39 is 23.6 Å². The zero-order valence-corrected chi connectivity index (χ0v) is 10.8. The van der Waals surface area contributed by atoms with Crippen molar-refractivity contribution in [3.8, 4) is 11.8 Å². The van der Waals surface area contributed by atoms with E-state index in [9.17, 15) is 18.0 Å². The van der Waals surface area contributed by atoms with E-state index >= 15 is 0 Å². The second kappa shape index (κ2) is 5.40. The van der Waals surface area contributed by atoms with Gasteiger partial charge in [-0.3, -0.25) is 4.79 Å². The van der Waals surface area contributed by atoms with Crippen molar-refractivity contribution >= 4 is 11.6 Å². The fourth-order valence-electron chi connectivity index (χ4n) is 1.86. The van der Waals surface area contributed by atoms with Crippen molar-refractivity contribution in [2.45, 2.75) is 6.18 Å². The molecule has 1 aliphatic heterocycles. The Morgan fingerprint density at radius 2 is 1.90 bits per heavy atom. The second-order valence-corrected chi connectivity index (χ2v) is 4.22. The van der Waals surface area contributed by atoms with Gasteiger partial charge in [0.1, 0.15) is 5.75 Å². The Hall–Kier alpha value is -2.62. The van der Waals surface area contributed by atoms with Crippen LogP contribution < -0.4 is 4.74 Å². The SMILES string of the molecule is COc1ccc(C2=NC(=O)C(C#N)C(C(F)(F)F)=C2)cc1. The zero-order chi connectivity index (χ0) is 15.6. The molecule has 0 saturated carbocycles. The van der Waals surface area contributed by atoms with Gasteiger partial charge in [0.2, 0.25) is 0 Å². The summed E-state index contributed by atoms with van der Waals surface area (Å²) in [6.07, 6.45) is -4.03. The molecular formula is C14H9F3N2O2. The molecular weight excluding hydrogens is 285 g/mol. The molecule has 1 atom stereocenters. The number of carbonyl (C=O) groups is 1. The minimum Gasteiger partial charge on any atom is -0.497 e. The summed E-state index contributed by atoms with van der Waals surface area (Å²) in [5.74, 6) is -2.50. The van der Waals surface area contributed by atoms with Gasteiger partial charge in [-0.25, -0.2) is 4.99 Å². The van der Waals surface area contributed by atoms with Crippen molar-refractivity contribution in [3.05, 3.63) is 41.5 Å². The minimum absolute atomic E-state index is 0.124. The van der Waals surface area contributed by atoms with Crippen LogP contribution in [0.25, 0.3) is 0 Å². The summed E-state index contributed by atoms with van der Waals surface area (Å²) >= 11 is 0. The number of allylic oxidation sites excluding steroid dienone is 1. The molecule has 0 saturated heterocycles. The number of ether oxygens (including phenoxy) is 1. The highest BCUT2D eigenvalue weighted by Crippen LogP contribution is 2.34. The highest BCUT2D eigenvalue weighted by molar-refractivity contribution is 6.16. The number of carbonyl (C=O) groups excluding carboxylic acids is 1. The Bertz CT molecular complexity index is 667. The Balaban J connectivity index is 2.47. The van der Waals surface area contributed by atoms with Gasteiger partial charge in [-0.15, -0.1) is 0 Å². The molecule has 0 radical (unpaired) electrons. The number of methoxy groups -OCH3 is 1. The van der Waals surface area contributed by atoms with Crippen LogP contribution >= 0.6 is 0 Å². The first-order chi connectivity index (χ1) is 9.86. The average Bonchev–Trinajstić information content (AvgIpc) is 2.45. The number of dihydropyridines is 1.